The molecule has 0 aliphatic carbocycles. The van der Waals surface area contributed by atoms with Crippen LogP contribution in [0.25, 0.3) is 10.8 Å². The second-order valence-electron chi connectivity index (χ2n) is 11.4. The molecule has 6 nitrogen and oxygen atoms in total. The van der Waals surface area contributed by atoms with E-state index in [1.165, 1.54) is 10.5 Å². The summed E-state index contributed by atoms with van der Waals surface area (Å²) in [6.45, 7) is 9.41. The first-order chi connectivity index (χ1) is 17.7. The zero-order valence-corrected chi connectivity index (χ0v) is 21.9. The van der Waals surface area contributed by atoms with E-state index in [1.807, 2.05) is 48.5 Å². The van der Waals surface area contributed by atoms with Gasteiger partial charge in [0.1, 0.15) is 18.5 Å². The monoisotopic (exact) mass is 500 g/mol. The number of likely N-dealkylation sites (tertiary alicyclic amines) is 1. The number of amides is 2. The molecular weight excluding hydrogens is 464 g/mol. The Morgan fingerprint density at radius 2 is 1.51 bits per heavy atom. The van der Waals surface area contributed by atoms with Crippen LogP contribution >= 0.6 is 0 Å². The second-order valence-corrected chi connectivity index (χ2v) is 11.4. The number of benzene rings is 3. The van der Waals surface area contributed by atoms with Gasteiger partial charge in [-0.3, -0.25) is 14.5 Å². The lowest BCUT2D eigenvalue weighted by Crippen LogP contribution is -2.46. The van der Waals surface area contributed by atoms with Gasteiger partial charge in [0.15, 0.2) is 0 Å². The minimum Gasteiger partial charge on any atom is -0.491 e. The summed E-state index contributed by atoms with van der Waals surface area (Å²) < 4.78 is 5.82. The summed E-state index contributed by atoms with van der Waals surface area (Å²) in [6, 6.07) is 19.3. The fourth-order valence-corrected chi connectivity index (χ4v) is 5.45. The molecule has 1 N–H and O–H groups in total. The quantitative estimate of drug-likeness (QED) is 0.468. The van der Waals surface area contributed by atoms with Gasteiger partial charge in [0, 0.05) is 29.6 Å². The Hall–Kier alpha value is -3.22. The number of hydrogen-bond donors (Lipinski definition) is 1. The molecule has 2 aliphatic heterocycles. The molecule has 37 heavy (non-hydrogen) atoms. The Morgan fingerprint density at radius 3 is 2.08 bits per heavy atom. The average Bonchev–Trinajstić information content (AvgIpc) is 2.89. The number of aliphatic hydroxyl groups is 1. The van der Waals surface area contributed by atoms with Crippen molar-refractivity contribution in [2.75, 3.05) is 32.8 Å². The minimum atomic E-state index is -0.582. The van der Waals surface area contributed by atoms with Crippen molar-refractivity contribution in [2.24, 2.45) is 5.92 Å². The summed E-state index contributed by atoms with van der Waals surface area (Å²) >= 11 is 0. The number of ether oxygens (including phenoxy) is 1. The van der Waals surface area contributed by atoms with Crippen molar-refractivity contribution in [3.8, 4) is 5.75 Å². The van der Waals surface area contributed by atoms with Crippen molar-refractivity contribution in [1.29, 1.82) is 0 Å². The summed E-state index contributed by atoms with van der Waals surface area (Å²) in [7, 11) is 0. The van der Waals surface area contributed by atoms with Crippen LogP contribution in [0.1, 0.15) is 59.9 Å². The first kappa shape index (κ1) is 25.4. The molecule has 0 aromatic heterocycles. The Morgan fingerprint density at radius 1 is 0.919 bits per heavy atom. The highest BCUT2D eigenvalue weighted by molar-refractivity contribution is 6.25. The van der Waals surface area contributed by atoms with Crippen LogP contribution in [0.5, 0.6) is 5.75 Å². The van der Waals surface area contributed by atoms with Crippen LogP contribution in [0.2, 0.25) is 0 Å². The average molecular weight is 501 g/mol. The van der Waals surface area contributed by atoms with Crippen LogP contribution in [-0.2, 0) is 5.41 Å². The summed E-state index contributed by atoms with van der Waals surface area (Å²) in [5.74, 6) is 0.627. The molecule has 194 valence electrons. The molecule has 0 bridgehead atoms. The highest BCUT2D eigenvalue weighted by Gasteiger charge is 2.35. The lowest BCUT2D eigenvalue weighted by Gasteiger charge is -2.36. The van der Waals surface area contributed by atoms with E-state index in [9.17, 15) is 14.7 Å². The molecule has 1 fully saturated rings. The zero-order chi connectivity index (χ0) is 26.2. The van der Waals surface area contributed by atoms with Gasteiger partial charge < -0.3 is 14.7 Å². The topological polar surface area (TPSA) is 70.1 Å². The summed E-state index contributed by atoms with van der Waals surface area (Å²) in [5, 5.41) is 12.2. The molecule has 3 aromatic carbocycles. The maximum absolute atomic E-state index is 13.2. The molecule has 1 saturated heterocycles. The molecule has 1 atom stereocenters. The Kier molecular flexibility index (Phi) is 7.06. The highest BCUT2D eigenvalue weighted by Crippen LogP contribution is 2.31. The summed E-state index contributed by atoms with van der Waals surface area (Å²) in [4.78, 5) is 30.1. The lowest BCUT2D eigenvalue weighted by atomic mass is 9.87. The van der Waals surface area contributed by atoms with Gasteiger partial charge in [-0.25, -0.2) is 0 Å². The van der Waals surface area contributed by atoms with Crippen LogP contribution < -0.4 is 4.74 Å². The van der Waals surface area contributed by atoms with Crippen molar-refractivity contribution in [2.45, 2.75) is 45.1 Å². The molecule has 0 unspecified atom stereocenters. The van der Waals surface area contributed by atoms with E-state index in [4.69, 9.17) is 4.74 Å². The van der Waals surface area contributed by atoms with Gasteiger partial charge in [-0.15, -0.1) is 0 Å². The van der Waals surface area contributed by atoms with Crippen molar-refractivity contribution in [3.05, 3.63) is 77.4 Å². The predicted molar refractivity (Wildman–Crippen MR) is 145 cm³/mol. The maximum atomic E-state index is 13.2. The van der Waals surface area contributed by atoms with E-state index in [2.05, 4.69) is 37.8 Å². The number of piperidine rings is 1. The molecule has 2 amide bonds. The maximum Gasteiger partial charge on any atom is 0.261 e. The van der Waals surface area contributed by atoms with Crippen LogP contribution in [0.15, 0.2) is 60.7 Å². The number of carbonyl (C=O) groups is 2. The SMILES string of the molecule is CC(C)(C)c1ccc(OC[C@@H](O)CN2CCC(CN3C(=O)c4cccc5cccc(c45)C3=O)CC2)cc1. The van der Waals surface area contributed by atoms with Crippen LogP contribution in [0.3, 0.4) is 0 Å². The number of β-amino-alcohol motifs (C(OH)–C–C–N with tert-alkyl or cyclic N) is 1. The van der Waals surface area contributed by atoms with Crippen LogP contribution in [0.4, 0.5) is 0 Å². The van der Waals surface area contributed by atoms with Crippen molar-refractivity contribution in [3.63, 3.8) is 0 Å². The number of nitrogens with zero attached hydrogens (tertiary/aromatic N) is 2. The van der Waals surface area contributed by atoms with Crippen LogP contribution in [0, 0.1) is 5.92 Å². The molecular formula is C31H36N2O4. The molecule has 3 aromatic rings. The Bertz CT molecular complexity index is 1240. The lowest BCUT2D eigenvalue weighted by molar-refractivity contribution is 0.0453. The van der Waals surface area contributed by atoms with Crippen molar-refractivity contribution >= 4 is 22.6 Å². The van der Waals surface area contributed by atoms with Gasteiger partial charge in [-0.1, -0.05) is 57.2 Å². The fourth-order valence-electron chi connectivity index (χ4n) is 5.45. The normalized spacial score (nSPS) is 17.9. The third-order valence-electron chi connectivity index (χ3n) is 7.64. The predicted octanol–water partition coefficient (Wildman–Crippen LogP) is 4.89. The van der Waals surface area contributed by atoms with Gasteiger partial charge in [0.05, 0.1) is 0 Å². The molecule has 6 heteroatoms. The number of hydrogen-bond acceptors (Lipinski definition) is 5. The first-order valence-electron chi connectivity index (χ1n) is 13.2. The van der Waals surface area contributed by atoms with Crippen molar-refractivity contribution in [1.82, 2.24) is 9.80 Å². The number of aliphatic hydroxyl groups excluding tert-OH is 1. The Balaban J connectivity index is 1.11. The third kappa shape index (κ3) is 5.41. The number of carbonyl (C=O) groups excluding carboxylic acids is 2. The number of imide groups is 1. The van der Waals surface area contributed by atoms with Crippen molar-refractivity contribution < 1.29 is 19.4 Å². The smallest absolute Gasteiger partial charge is 0.261 e. The molecule has 2 aliphatic rings. The summed E-state index contributed by atoms with van der Waals surface area (Å²) in [5.41, 5.74) is 2.57. The molecule has 5 rings (SSSR count). The van der Waals surface area contributed by atoms with Gasteiger partial charge in [-0.2, -0.15) is 0 Å². The third-order valence-corrected chi connectivity index (χ3v) is 7.64. The zero-order valence-electron chi connectivity index (χ0n) is 21.9. The highest BCUT2D eigenvalue weighted by atomic mass is 16.5. The van der Waals surface area contributed by atoms with Gasteiger partial charge in [0.25, 0.3) is 11.8 Å². The molecule has 0 saturated carbocycles. The van der Waals surface area contributed by atoms with Crippen LogP contribution in [-0.4, -0.2) is 65.6 Å². The van der Waals surface area contributed by atoms with Gasteiger partial charge >= 0.3 is 0 Å². The van der Waals surface area contributed by atoms with E-state index in [1.54, 1.807) is 0 Å². The largest absolute Gasteiger partial charge is 0.491 e. The number of rotatable bonds is 7. The van der Waals surface area contributed by atoms with E-state index in [-0.39, 0.29) is 29.8 Å². The molecule has 0 radical (unpaired) electrons. The van der Waals surface area contributed by atoms with E-state index in [0.29, 0.717) is 24.2 Å². The fraction of sp³-hybridized carbons (Fsp3) is 0.419. The minimum absolute atomic E-state index is 0.0945. The molecule has 2 heterocycles. The van der Waals surface area contributed by atoms with E-state index < -0.39 is 6.10 Å². The standard InChI is InChI=1S/C31H36N2O4/c1-31(2,3)23-10-12-25(13-11-23)37-20-24(34)19-32-16-14-21(15-17-32)18-33-29(35)26-8-4-6-22-7-5-9-27(28(22)26)30(33)36/h4-13,21,24,34H,14-20H2,1-3H3/t24-/m0/s1. The molecule has 0 spiro atoms. The van der Waals surface area contributed by atoms with Gasteiger partial charge in [-0.05, 0) is 72.5 Å². The van der Waals surface area contributed by atoms with E-state index >= 15 is 0 Å². The summed E-state index contributed by atoms with van der Waals surface area (Å²) in [6.07, 6.45) is 1.18. The Labute approximate surface area is 218 Å². The first-order valence-corrected chi connectivity index (χ1v) is 13.2. The van der Waals surface area contributed by atoms with E-state index in [0.717, 1.165) is 42.5 Å². The van der Waals surface area contributed by atoms with Gasteiger partial charge in [0.2, 0.25) is 0 Å². The second kappa shape index (κ2) is 10.3.